The van der Waals surface area contributed by atoms with Gasteiger partial charge in [0, 0.05) is 12.6 Å². The van der Waals surface area contributed by atoms with Crippen molar-refractivity contribution >= 4 is 15.9 Å². The number of hydrogen-bond acceptors (Lipinski definition) is 5. The number of benzene rings is 1. The lowest BCUT2D eigenvalue weighted by molar-refractivity contribution is 0.147. The second-order valence-electron chi connectivity index (χ2n) is 5.17. The van der Waals surface area contributed by atoms with E-state index >= 15 is 0 Å². The molecule has 1 aliphatic heterocycles. The molecule has 1 saturated heterocycles. The summed E-state index contributed by atoms with van der Waals surface area (Å²) in [5.74, 6) is -0.550. The predicted octanol–water partition coefficient (Wildman–Crippen LogP) is 0.827. The van der Waals surface area contributed by atoms with Crippen LogP contribution in [0, 0.1) is 5.82 Å². The van der Waals surface area contributed by atoms with E-state index in [9.17, 15) is 17.6 Å². The summed E-state index contributed by atoms with van der Waals surface area (Å²) < 4.78 is 41.4. The van der Waals surface area contributed by atoms with Gasteiger partial charge in [0.2, 0.25) is 0 Å². The van der Waals surface area contributed by atoms with Gasteiger partial charge in [-0.15, -0.1) is 0 Å². The summed E-state index contributed by atoms with van der Waals surface area (Å²) in [6.45, 7) is 2.20. The minimum absolute atomic E-state index is 0.0701. The number of sulfone groups is 1. The van der Waals surface area contributed by atoms with Crippen LogP contribution in [0.3, 0.4) is 0 Å². The Morgan fingerprint density at radius 3 is 2.77 bits per heavy atom. The standard InChI is InChI=1S/C14H19FN2O4S/c1-2-21-14(18)17-13-9-22(19,20)8-12(13)16-7-10-4-3-5-11(15)6-10/h3-6,12-13,16H,2,7-9H2,1H3,(H,17,18)/t12-,13-/m0/s1. The van der Waals surface area contributed by atoms with Gasteiger partial charge in [-0.25, -0.2) is 17.6 Å². The molecule has 8 heteroatoms. The molecule has 0 aromatic heterocycles. The second-order valence-corrected chi connectivity index (χ2v) is 7.32. The number of halogens is 1. The van der Waals surface area contributed by atoms with Crippen LogP contribution in [0.15, 0.2) is 24.3 Å². The SMILES string of the molecule is CCOC(=O)N[C@H]1CS(=O)(=O)C[C@@H]1NCc1cccc(F)c1. The number of carbonyl (C=O) groups is 1. The molecule has 0 aliphatic carbocycles. The van der Waals surface area contributed by atoms with Crippen LogP contribution in [-0.4, -0.2) is 44.7 Å². The van der Waals surface area contributed by atoms with Gasteiger partial charge in [0.15, 0.2) is 9.84 Å². The van der Waals surface area contributed by atoms with Gasteiger partial charge in [0.1, 0.15) is 5.82 Å². The number of carbonyl (C=O) groups excluding carboxylic acids is 1. The molecule has 0 spiro atoms. The summed E-state index contributed by atoms with van der Waals surface area (Å²) in [6.07, 6.45) is -0.637. The first-order valence-electron chi connectivity index (χ1n) is 7.01. The molecular weight excluding hydrogens is 311 g/mol. The van der Waals surface area contributed by atoms with E-state index in [2.05, 4.69) is 10.6 Å². The predicted molar refractivity (Wildman–Crippen MR) is 79.6 cm³/mol. The molecule has 0 saturated carbocycles. The molecule has 1 amide bonds. The highest BCUT2D eigenvalue weighted by Crippen LogP contribution is 2.14. The zero-order valence-electron chi connectivity index (χ0n) is 12.2. The third kappa shape index (κ3) is 4.67. The van der Waals surface area contributed by atoms with E-state index in [1.54, 1.807) is 19.1 Å². The number of amides is 1. The van der Waals surface area contributed by atoms with E-state index in [0.29, 0.717) is 12.1 Å². The highest BCUT2D eigenvalue weighted by atomic mass is 32.2. The van der Waals surface area contributed by atoms with Gasteiger partial charge in [0.05, 0.1) is 24.2 Å². The minimum atomic E-state index is -3.22. The Balaban J connectivity index is 1.98. The van der Waals surface area contributed by atoms with E-state index in [0.717, 1.165) is 0 Å². The van der Waals surface area contributed by atoms with Crippen LogP contribution in [-0.2, 0) is 21.1 Å². The van der Waals surface area contributed by atoms with Crippen molar-refractivity contribution in [3.63, 3.8) is 0 Å². The molecule has 1 fully saturated rings. The van der Waals surface area contributed by atoms with Gasteiger partial charge in [0.25, 0.3) is 0 Å². The zero-order valence-corrected chi connectivity index (χ0v) is 13.0. The van der Waals surface area contributed by atoms with Crippen LogP contribution in [0.2, 0.25) is 0 Å². The topological polar surface area (TPSA) is 84.5 Å². The Labute approximate surface area is 129 Å². The Morgan fingerprint density at radius 1 is 1.36 bits per heavy atom. The molecular formula is C14H19FN2O4S. The van der Waals surface area contributed by atoms with Crippen molar-refractivity contribution in [1.29, 1.82) is 0 Å². The monoisotopic (exact) mass is 330 g/mol. The fourth-order valence-corrected chi connectivity index (χ4v) is 4.31. The summed E-state index contributed by atoms with van der Waals surface area (Å²) in [7, 11) is -3.22. The molecule has 0 radical (unpaired) electrons. The number of ether oxygens (including phenoxy) is 1. The highest BCUT2D eigenvalue weighted by Gasteiger charge is 2.38. The van der Waals surface area contributed by atoms with Crippen molar-refractivity contribution < 1.29 is 22.3 Å². The minimum Gasteiger partial charge on any atom is -0.450 e. The van der Waals surface area contributed by atoms with Gasteiger partial charge >= 0.3 is 6.09 Å². The van der Waals surface area contributed by atoms with E-state index < -0.39 is 28.0 Å². The molecule has 0 unspecified atom stereocenters. The second kappa shape index (κ2) is 7.06. The van der Waals surface area contributed by atoms with E-state index in [1.807, 2.05) is 0 Å². The molecule has 2 atom stereocenters. The summed E-state index contributed by atoms with van der Waals surface area (Å²) in [5, 5.41) is 5.62. The zero-order chi connectivity index (χ0) is 16.2. The quantitative estimate of drug-likeness (QED) is 0.835. The molecule has 1 aromatic carbocycles. The van der Waals surface area contributed by atoms with Crippen LogP contribution in [0.1, 0.15) is 12.5 Å². The summed E-state index contributed by atoms with van der Waals surface area (Å²) >= 11 is 0. The first-order valence-corrected chi connectivity index (χ1v) is 8.83. The number of hydrogen-bond donors (Lipinski definition) is 2. The lowest BCUT2D eigenvalue weighted by Gasteiger charge is -2.20. The third-order valence-corrected chi connectivity index (χ3v) is 5.12. The van der Waals surface area contributed by atoms with Crippen molar-refractivity contribution in [1.82, 2.24) is 10.6 Å². The Bertz CT molecular complexity index is 635. The maximum atomic E-state index is 13.1. The molecule has 1 aliphatic rings. The summed E-state index contributed by atoms with van der Waals surface area (Å²) in [5.41, 5.74) is 0.708. The fourth-order valence-electron chi connectivity index (χ4n) is 2.41. The lowest BCUT2D eigenvalue weighted by Crippen LogP contribution is -2.49. The molecule has 0 bridgehead atoms. The smallest absolute Gasteiger partial charge is 0.407 e. The fraction of sp³-hybridized carbons (Fsp3) is 0.500. The highest BCUT2D eigenvalue weighted by molar-refractivity contribution is 7.91. The van der Waals surface area contributed by atoms with Gasteiger partial charge in [-0.2, -0.15) is 0 Å². The van der Waals surface area contributed by atoms with Crippen LogP contribution in [0.5, 0.6) is 0 Å². The molecule has 22 heavy (non-hydrogen) atoms. The maximum absolute atomic E-state index is 13.1. The van der Waals surface area contributed by atoms with Crippen molar-refractivity contribution in [2.24, 2.45) is 0 Å². The Hall–Kier alpha value is -1.67. The van der Waals surface area contributed by atoms with Crippen molar-refractivity contribution in [3.05, 3.63) is 35.6 Å². The largest absolute Gasteiger partial charge is 0.450 e. The van der Waals surface area contributed by atoms with Crippen molar-refractivity contribution in [2.45, 2.75) is 25.6 Å². The molecule has 6 nitrogen and oxygen atoms in total. The first-order chi connectivity index (χ1) is 10.4. The van der Waals surface area contributed by atoms with Crippen molar-refractivity contribution in [2.75, 3.05) is 18.1 Å². The van der Waals surface area contributed by atoms with Gasteiger partial charge in [-0.05, 0) is 24.6 Å². The molecule has 122 valence electrons. The molecule has 1 aromatic rings. The van der Waals surface area contributed by atoms with Crippen molar-refractivity contribution in [3.8, 4) is 0 Å². The van der Waals surface area contributed by atoms with E-state index in [1.165, 1.54) is 12.1 Å². The van der Waals surface area contributed by atoms with Crippen LogP contribution >= 0.6 is 0 Å². The van der Waals surface area contributed by atoms with Gasteiger partial charge in [-0.3, -0.25) is 0 Å². The van der Waals surface area contributed by atoms with Crippen LogP contribution in [0.4, 0.5) is 9.18 Å². The third-order valence-electron chi connectivity index (χ3n) is 3.39. The average Bonchev–Trinajstić information content (AvgIpc) is 2.71. The van der Waals surface area contributed by atoms with Gasteiger partial charge < -0.3 is 15.4 Å². The molecule has 1 heterocycles. The first kappa shape index (κ1) is 16.7. The maximum Gasteiger partial charge on any atom is 0.407 e. The molecule has 2 N–H and O–H groups in total. The van der Waals surface area contributed by atoms with Crippen LogP contribution < -0.4 is 10.6 Å². The molecule has 2 rings (SSSR count). The average molecular weight is 330 g/mol. The number of alkyl carbamates (subject to hydrolysis) is 1. The van der Waals surface area contributed by atoms with Crippen LogP contribution in [0.25, 0.3) is 0 Å². The normalized spacial score (nSPS) is 23.2. The van der Waals surface area contributed by atoms with E-state index in [4.69, 9.17) is 4.74 Å². The number of rotatable bonds is 5. The van der Waals surface area contributed by atoms with Gasteiger partial charge in [-0.1, -0.05) is 12.1 Å². The lowest BCUT2D eigenvalue weighted by atomic mass is 10.1. The Morgan fingerprint density at radius 2 is 2.09 bits per heavy atom. The summed E-state index contributed by atoms with van der Waals surface area (Å²) in [4.78, 5) is 11.5. The summed E-state index contributed by atoms with van der Waals surface area (Å²) in [6, 6.07) is 5.06. The number of nitrogens with one attached hydrogen (secondary N) is 2. The Kier molecular flexibility index (Phi) is 5.36. The van der Waals surface area contributed by atoms with E-state index in [-0.39, 0.29) is 23.9 Å².